The molecule has 1 aliphatic rings. The van der Waals surface area contributed by atoms with E-state index in [1.54, 1.807) is 6.08 Å². The number of halogens is 2. The Morgan fingerprint density at radius 1 is 1.69 bits per heavy atom. The molecule has 0 saturated carbocycles. The summed E-state index contributed by atoms with van der Waals surface area (Å²) in [7, 11) is 0. The van der Waals surface area contributed by atoms with Gasteiger partial charge in [-0.3, -0.25) is 0 Å². The van der Waals surface area contributed by atoms with Crippen LogP contribution in [-0.2, 0) is 0 Å². The van der Waals surface area contributed by atoms with E-state index in [0.717, 1.165) is 16.7 Å². The van der Waals surface area contributed by atoms with E-state index in [0.29, 0.717) is 12.8 Å². The van der Waals surface area contributed by atoms with Crippen LogP contribution in [0.25, 0.3) is 0 Å². The maximum atomic E-state index is 9.57. The second kappa shape index (κ2) is 4.32. The third-order valence-corrected chi connectivity index (χ3v) is 2.77. The zero-order valence-corrected chi connectivity index (χ0v) is 8.99. The monoisotopic (exact) mass is 218 g/mol. The average molecular weight is 219 g/mol. The first-order valence-corrected chi connectivity index (χ1v) is 4.86. The van der Waals surface area contributed by atoms with Gasteiger partial charge < -0.3 is 5.11 Å². The first kappa shape index (κ1) is 10.8. The fourth-order valence-electron chi connectivity index (χ4n) is 1.53. The summed E-state index contributed by atoms with van der Waals surface area (Å²) in [5.41, 5.74) is 2.84. The van der Waals surface area contributed by atoms with Crippen LogP contribution in [0.4, 0.5) is 0 Å². The summed E-state index contributed by atoms with van der Waals surface area (Å²) < 4.78 is 0.257. The molecular weight excluding hydrogens is 207 g/mol. The highest BCUT2D eigenvalue weighted by Gasteiger charge is 2.25. The molecule has 3 heteroatoms. The standard InChI is InChI=1S/C10H12Cl2O/c1-3-4-7-6(2)9(13)5-8(7)10(11)12/h3,9,13H,1,4-5H2,2H3/t9-/m0/s1. The van der Waals surface area contributed by atoms with Crippen molar-refractivity contribution in [3.63, 3.8) is 0 Å². The van der Waals surface area contributed by atoms with Gasteiger partial charge in [0.25, 0.3) is 0 Å². The van der Waals surface area contributed by atoms with E-state index >= 15 is 0 Å². The summed E-state index contributed by atoms with van der Waals surface area (Å²) in [4.78, 5) is 0. The molecule has 0 unspecified atom stereocenters. The number of aliphatic hydroxyl groups is 1. The van der Waals surface area contributed by atoms with Gasteiger partial charge in [-0.1, -0.05) is 29.3 Å². The molecule has 0 aromatic rings. The number of hydrogen-bond acceptors (Lipinski definition) is 1. The number of rotatable bonds is 2. The number of aliphatic hydroxyl groups excluding tert-OH is 1. The molecule has 1 nitrogen and oxygen atoms in total. The van der Waals surface area contributed by atoms with Crippen LogP contribution in [0.5, 0.6) is 0 Å². The van der Waals surface area contributed by atoms with Crippen LogP contribution in [0.1, 0.15) is 19.8 Å². The zero-order chi connectivity index (χ0) is 10.0. The van der Waals surface area contributed by atoms with Crippen LogP contribution in [-0.4, -0.2) is 11.2 Å². The molecule has 1 aliphatic carbocycles. The molecule has 0 aliphatic heterocycles. The molecule has 13 heavy (non-hydrogen) atoms. The predicted molar refractivity (Wildman–Crippen MR) is 56.9 cm³/mol. The third-order valence-electron chi connectivity index (χ3n) is 2.31. The topological polar surface area (TPSA) is 20.2 Å². The van der Waals surface area contributed by atoms with Gasteiger partial charge in [-0.25, -0.2) is 0 Å². The second-order valence-electron chi connectivity index (χ2n) is 3.11. The summed E-state index contributed by atoms with van der Waals surface area (Å²) in [6.07, 6.45) is 2.59. The van der Waals surface area contributed by atoms with Gasteiger partial charge in [-0.05, 0) is 30.1 Å². The Kier molecular flexibility index (Phi) is 3.60. The molecule has 0 fully saturated rings. The first-order valence-electron chi connectivity index (χ1n) is 4.11. The fraction of sp³-hybridized carbons (Fsp3) is 0.400. The lowest BCUT2D eigenvalue weighted by molar-refractivity contribution is 0.219. The van der Waals surface area contributed by atoms with Gasteiger partial charge in [0.2, 0.25) is 0 Å². The smallest absolute Gasteiger partial charge is 0.110 e. The highest BCUT2D eigenvalue weighted by molar-refractivity contribution is 6.56. The fourth-order valence-corrected chi connectivity index (χ4v) is 1.91. The van der Waals surface area contributed by atoms with Crippen LogP contribution >= 0.6 is 23.2 Å². The number of hydrogen-bond donors (Lipinski definition) is 1. The van der Waals surface area contributed by atoms with E-state index in [-0.39, 0.29) is 4.49 Å². The Hall–Kier alpha value is -0.240. The van der Waals surface area contributed by atoms with E-state index in [2.05, 4.69) is 6.58 Å². The summed E-state index contributed by atoms with van der Waals surface area (Å²) in [5.74, 6) is 0. The van der Waals surface area contributed by atoms with E-state index in [1.165, 1.54) is 0 Å². The van der Waals surface area contributed by atoms with E-state index in [9.17, 15) is 5.11 Å². The maximum Gasteiger partial charge on any atom is 0.110 e. The van der Waals surface area contributed by atoms with Crippen molar-refractivity contribution in [2.45, 2.75) is 25.9 Å². The molecule has 0 saturated heterocycles. The van der Waals surface area contributed by atoms with Crippen molar-refractivity contribution in [3.8, 4) is 0 Å². The summed E-state index contributed by atoms with van der Waals surface area (Å²) >= 11 is 11.4. The van der Waals surface area contributed by atoms with Crippen molar-refractivity contribution in [1.29, 1.82) is 0 Å². The van der Waals surface area contributed by atoms with Crippen molar-refractivity contribution in [3.05, 3.63) is 33.9 Å². The molecular formula is C10H12Cl2O. The third kappa shape index (κ3) is 2.16. The SMILES string of the molecule is C=CCC1=C(C)[C@@H](O)CC1=C(Cl)Cl. The Balaban J connectivity index is 3.07. The minimum atomic E-state index is -0.433. The van der Waals surface area contributed by atoms with Crippen LogP contribution < -0.4 is 0 Å². The molecule has 0 spiro atoms. The van der Waals surface area contributed by atoms with Gasteiger partial charge in [0, 0.05) is 6.42 Å². The Morgan fingerprint density at radius 2 is 2.31 bits per heavy atom. The van der Waals surface area contributed by atoms with Gasteiger partial charge in [0.15, 0.2) is 0 Å². The lowest BCUT2D eigenvalue weighted by Gasteiger charge is -2.02. The quantitative estimate of drug-likeness (QED) is 0.706. The normalized spacial score (nSPS) is 22.5. The predicted octanol–water partition coefficient (Wildman–Crippen LogP) is 3.33. The summed E-state index contributed by atoms with van der Waals surface area (Å²) in [6, 6.07) is 0. The Morgan fingerprint density at radius 3 is 2.77 bits per heavy atom. The van der Waals surface area contributed by atoms with Crippen molar-refractivity contribution in [2.24, 2.45) is 0 Å². The Labute approximate surface area is 88.3 Å². The molecule has 0 bridgehead atoms. The van der Waals surface area contributed by atoms with Crippen LogP contribution in [0.2, 0.25) is 0 Å². The van der Waals surface area contributed by atoms with Gasteiger partial charge in [0.1, 0.15) is 4.49 Å². The van der Waals surface area contributed by atoms with Gasteiger partial charge in [0.05, 0.1) is 6.10 Å². The molecule has 72 valence electrons. The lowest BCUT2D eigenvalue weighted by Crippen LogP contribution is -2.01. The first-order chi connectivity index (χ1) is 6.07. The van der Waals surface area contributed by atoms with Crippen LogP contribution in [0.15, 0.2) is 33.9 Å². The summed E-state index contributed by atoms with van der Waals surface area (Å²) in [6.45, 7) is 5.55. The van der Waals surface area contributed by atoms with E-state index in [4.69, 9.17) is 23.2 Å². The molecule has 0 radical (unpaired) electrons. The average Bonchev–Trinajstić information content (AvgIpc) is 2.33. The van der Waals surface area contributed by atoms with Gasteiger partial charge >= 0.3 is 0 Å². The molecule has 0 amide bonds. The molecule has 1 atom stereocenters. The van der Waals surface area contributed by atoms with Crippen molar-refractivity contribution in [1.82, 2.24) is 0 Å². The van der Waals surface area contributed by atoms with E-state index < -0.39 is 6.10 Å². The van der Waals surface area contributed by atoms with Crippen molar-refractivity contribution >= 4 is 23.2 Å². The van der Waals surface area contributed by atoms with Crippen molar-refractivity contribution in [2.75, 3.05) is 0 Å². The van der Waals surface area contributed by atoms with Gasteiger partial charge in [-0.2, -0.15) is 0 Å². The summed E-state index contributed by atoms with van der Waals surface area (Å²) in [5, 5.41) is 9.57. The highest BCUT2D eigenvalue weighted by Crippen LogP contribution is 2.37. The molecule has 0 heterocycles. The minimum Gasteiger partial charge on any atom is -0.388 e. The number of allylic oxidation sites excluding steroid dienone is 2. The second-order valence-corrected chi connectivity index (χ2v) is 4.06. The Bertz CT molecular complexity index is 285. The molecule has 0 aromatic heterocycles. The van der Waals surface area contributed by atoms with Crippen molar-refractivity contribution < 1.29 is 5.11 Å². The highest BCUT2D eigenvalue weighted by atomic mass is 35.5. The maximum absolute atomic E-state index is 9.57. The lowest BCUT2D eigenvalue weighted by atomic mass is 10.1. The van der Waals surface area contributed by atoms with Crippen LogP contribution in [0.3, 0.4) is 0 Å². The molecule has 1 N–H and O–H groups in total. The van der Waals surface area contributed by atoms with Gasteiger partial charge in [-0.15, -0.1) is 6.58 Å². The molecule has 0 aromatic carbocycles. The van der Waals surface area contributed by atoms with E-state index in [1.807, 2.05) is 6.92 Å². The largest absolute Gasteiger partial charge is 0.388 e. The molecule has 1 rings (SSSR count). The van der Waals surface area contributed by atoms with Crippen LogP contribution in [0, 0.1) is 0 Å². The zero-order valence-electron chi connectivity index (χ0n) is 7.48. The minimum absolute atomic E-state index is 0.257.